The third-order valence-corrected chi connectivity index (χ3v) is 8.51. The van der Waals surface area contributed by atoms with Gasteiger partial charge in [-0.05, 0) is 60.6 Å². The molecule has 47 heavy (non-hydrogen) atoms. The number of carbonyl (C=O) groups is 4. The number of benzene rings is 2. The first-order valence-electron chi connectivity index (χ1n) is 26.2. The predicted octanol–water partition coefficient (Wildman–Crippen LogP) is 4.90. The fourth-order valence-electron chi connectivity index (χ4n) is 6.29. The van der Waals surface area contributed by atoms with Crippen LogP contribution in [0.2, 0.25) is 0 Å². The summed E-state index contributed by atoms with van der Waals surface area (Å²) in [4.78, 5) is 53.8. The Kier molecular flexibility index (Phi) is 5.15. The van der Waals surface area contributed by atoms with Gasteiger partial charge in [-0.15, -0.1) is 0 Å². The summed E-state index contributed by atoms with van der Waals surface area (Å²) in [7, 11) is 0. The minimum absolute atomic E-state index is 0.215. The van der Waals surface area contributed by atoms with Gasteiger partial charge >= 0.3 is 5.97 Å². The van der Waals surface area contributed by atoms with E-state index in [1.807, 2.05) is 17.0 Å². The van der Waals surface area contributed by atoms with Crippen LogP contribution in [0.3, 0.4) is 0 Å². The maximum Gasteiger partial charge on any atom is 0.306 e. The van der Waals surface area contributed by atoms with Gasteiger partial charge in [0.2, 0.25) is 17.7 Å². The number of nitrogens with one attached hydrogen (secondary N) is 1. The predicted molar refractivity (Wildman–Crippen MR) is 179 cm³/mol. The molecule has 252 valence electrons. The van der Waals surface area contributed by atoms with Gasteiger partial charge < -0.3 is 25.1 Å². The third kappa shape index (κ3) is 7.72. The maximum absolute atomic E-state index is 13.7. The minimum atomic E-state index is -3.86. The minimum Gasteiger partial charge on any atom is -0.481 e. The summed E-state index contributed by atoms with van der Waals surface area (Å²) in [5.41, 5.74) is 4.41. The highest BCUT2D eigenvalue weighted by molar-refractivity contribution is 5.88. The number of hydrogen-bond donors (Lipinski definition) is 2. The van der Waals surface area contributed by atoms with Crippen LogP contribution in [0.25, 0.3) is 0 Å². The van der Waals surface area contributed by atoms with Crippen molar-refractivity contribution >= 4 is 23.7 Å². The van der Waals surface area contributed by atoms with Crippen LogP contribution in [-0.2, 0) is 32.0 Å². The van der Waals surface area contributed by atoms with Crippen molar-refractivity contribution in [3.63, 3.8) is 0 Å². The van der Waals surface area contributed by atoms with E-state index in [2.05, 4.69) is 29.6 Å². The number of amides is 3. The number of piperazine rings is 2. The molecule has 2 N–H and O–H groups in total. The van der Waals surface area contributed by atoms with Gasteiger partial charge in [0.05, 0.1) is 31.1 Å². The van der Waals surface area contributed by atoms with E-state index in [-0.39, 0.29) is 18.5 Å². The van der Waals surface area contributed by atoms with Gasteiger partial charge in [-0.2, -0.15) is 0 Å². The smallest absolute Gasteiger partial charge is 0.306 e. The molecule has 4 aliphatic heterocycles. The van der Waals surface area contributed by atoms with Gasteiger partial charge in [-0.1, -0.05) is 86.8 Å². The van der Waals surface area contributed by atoms with Gasteiger partial charge in [-0.25, -0.2) is 0 Å². The molecule has 4 heterocycles. The van der Waals surface area contributed by atoms with Crippen LogP contribution in [0.5, 0.6) is 0 Å². The Balaban J connectivity index is 0.000000188. The van der Waals surface area contributed by atoms with Crippen molar-refractivity contribution in [1.82, 2.24) is 20.0 Å². The van der Waals surface area contributed by atoms with Crippen LogP contribution >= 0.6 is 0 Å². The normalized spacial score (nSPS) is 43.3. The maximum atomic E-state index is 13.7. The molecule has 0 aromatic heterocycles. The molecule has 0 spiro atoms. The Morgan fingerprint density at radius 1 is 0.745 bits per heavy atom. The van der Waals surface area contributed by atoms with Crippen molar-refractivity contribution in [1.29, 1.82) is 0 Å². The Bertz CT molecular complexity index is 2360. The summed E-state index contributed by atoms with van der Waals surface area (Å²) in [6, 6.07) is 15.3. The number of rotatable bonds is 2. The van der Waals surface area contributed by atoms with Crippen molar-refractivity contribution < 1.29 is 54.4 Å². The number of hydrogen-bond acceptors (Lipinski definition) is 5. The molecule has 2 aliphatic carbocycles. The first-order valence-corrected chi connectivity index (χ1v) is 15.2. The average molecular weight is 665 g/mol. The molecule has 8 rings (SSSR count). The van der Waals surface area contributed by atoms with Crippen LogP contribution in [0.4, 0.5) is 0 Å². The lowest BCUT2D eigenvalue weighted by Crippen LogP contribution is -2.56. The average Bonchev–Trinajstić information content (AvgIpc) is 3.27. The Morgan fingerprint density at radius 2 is 1.28 bits per heavy atom. The molecule has 2 aromatic carbocycles. The Morgan fingerprint density at radius 3 is 1.87 bits per heavy atom. The lowest BCUT2D eigenvalue weighted by molar-refractivity contribution is -0.152. The van der Waals surface area contributed by atoms with E-state index < -0.39 is 106 Å². The molecule has 2 aromatic rings. The fraction of sp³-hybridized carbons (Fsp3) is 0.579. The van der Waals surface area contributed by atoms with Gasteiger partial charge in [0, 0.05) is 62.2 Å². The Hall–Kier alpha value is -3.72. The van der Waals surface area contributed by atoms with Crippen LogP contribution in [0.1, 0.15) is 128 Å². The summed E-state index contributed by atoms with van der Waals surface area (Å²) >= 11 is 0. The van der Waals surface area contributed by atoms with E-state index >= 15 is 0 Å². The summed E-state index contributed by atoms with van der Waals surface area (Å²) in [6.45, 7) is 1.82. The zero-order valence-electron chi connectivity index (χ0n) is 47.4. The van der Waals surface area contributed by atoms with Gasteiger partial charge in [0.1, 0.15) is 0 Å². The molecular formula is C38H50N4O5. The Labute approximate surface area is 309 Å². The molecular weight excluding hydrogens is 592 g/mol. The van der Waals surface area contributed by atoms with Crippen molar-refractivity contribution in [3.05, 3.63) is 70.8 Å². The molecule has 9 heteroatoms. The van der Waals surface area contributed by atoms with Gasteiger partial charge in [0.25, 0.3) is 0 Å². The van der Waals surface area contributed by atoms with Crippen LogP contribution in [0, 0.1) is 11.8 Å². The number of carboxylic acid groups (broad SMARTS) is 1. The quantitative estimate of drug-likeness (QED) is 0.473. The topological polar surface area (TPSA) is 110 Å². The summed E-state index contributed by atoms with van der Waals surface area (Å²) < 4.78 is 172. The monoisotopic (exact) mass is 665 g/mol. The number of aliphatic carboxylic acids is 1. The molecule has 2 saturated carbocycles. The van der Waals surface area contributed by atoms with Crippen molar-refractivity contribution in [2.75, 3.05) is 39.3 Å². The SMILES string of the molecule is O=C1CNCC2c3ccccc3CCN12.[2H]C1([2H])C([2H])([2H])C([2H])([2H])C([2H])(C(=O)N2CC(=O)N3CCc4ccccc4C3C2)C([2H])([2H])C1([2H])[2H].[2H]C1([2H])C([2H])([2H])C([2H])([2H])C([2H])(C(=O)O)C([2H])([2H])C1([2H])[2H]. The highest BCUT2D eigenvalue weighted by Gasteiger charge is 2.40. The van der Waals surface area contributed by atoms with E-state index in [1.54, 1.807) is 17.0 Å². The third-order valence-electron chi connectivity index (χ3n) is 8.51. The second-order valence-electron chi connectivity index (χ2n) is 11.2. The van der Waals surface area contributed by atoms with E-state index in [1.165, 1.54) is 11.1 Å². The van der Waals surface area contributed by atoms with Gasteiger partial charge in [-0.3, -0.25) is 19.2 Å². The molecule has 9 nitrogen and oxygen atoms in total. The molecule has 6 aliphatic rings. The number of nitrogens with zero attached hydrogens (tertiary/aromatic N) is 3. The van der Waals surface area contributed by atoms with E-state index in [9.17, 15) is 19.2 Å². The lowest BCUT2D eigenvalue weighted by atomic mass is 9.87. The molecule has 3 amide bonds. The molecule has 2 atom stereocenters. The van der Waals surface area contributed by atoms with Crippen LogP contribution in [0.15, 0.2) is 48.5 Å². The summed E-state index contributed by atoms with van der Waals surface area (Å²) in [5, 5.41) is 12.2. The highest BCUT2D eigenvalue weighted by Crippen LogP contribution is 2.35. The zero-order chi connectivity index (χ0) is 52.5. The number of carbonyl (C=O) groups excluding carboxylic acids is 3. The first-order chi connectivity index (χ1) is 31.2. The van der Waals surface area contributed by atoms with Crippen molar-refractivity contribution in [2.24, 2.45) is 11.8 Å². The molecule has 0 bridgehead atoms. The first kappa shape index (κ1) is 15.7. The zero-order valence-corrected chi connectivity index (χ0v) is 25.4. The molecule has 4 fully saturated rings. The summed E-state index contributed by atoms with van der Waals surface area (Å²) in [5.74, 6) is -11.9. The standard InChI is InChI=1S/C19H24N2O2.C12H14N2O.C7H12O2/c22-18-13-20(19(23)15-7-2-1-3-8-15)12-17-16-9-5-4-6-14(16)10-11-21(17)18;15-12-8-13-7-11-10-4-2-1-3-9(10)5-6-14(11)12;8-7(9)6-4-2-1-3-5-6/h4-6,9,15,17H,1-3,7-8,10-13H2;1-4,11,13H,5-8H2;6H,1-5H2,(H,8,9)/i1D2,2D2,3D2,7D2,8D2,15D;;1D2,2D2,3D2,4D2,5D2,6D. The van der Waals surface area contributed by atoms with Crippen LogP contribution < -0.4 is 5.32 Å². The highest BCUT2D eigenvalue weighted by atomic mass is 16.4. The lowest BCUT2D eigenvalue weighted by Gasteiger charge is -2.45. The van der Waals surface area contributed by atoms with Crippen molar-refractivity contribution in [3.8, 4) is 0 Å². The number of fused-ring (bicyclic) bond motifs is 6. The molecule has 2 saturated heterocycles. The number of carboxylic acids is 1. The van der Waals surface area contributed by atoms with E-state index in [0.29, 0.717) is 19.5 Å². The van der Waals surface area contributed by atoms with Crippen molar-refractivity contribution in [2.45, 2.75) is 88.7 Å². The molecule has 2 unspecified atom stereocenters. The van der Waals surface area contributed by atoms with E-state index in [4.69, 9.17) is 35.3 Å². The van der Waals surface area contributed by atoms with Crippen LogP contribution in [-0.4, -0.2) is 82.8 Å². The van der Waals surface area contributed by atoms with E-state index in [0.717, 1.165) is 35.5 Å². The summed E-state index contributed by atoms with van der Waals surface area (Å²) in [6.07, 6.45) is -36.0. The van der Waals surface area contributed by atoms with Gasteiger partial charge in [0.15, 0.2) is 0 Å². The largest absolute Gasteiger partial charge is 0.481 e. The second kappa shape index (κ2) is 15.5. The molecule has 0 radical (unpaired) electrons. The fourth-order valence-corrected chi connectivity index (χ4v) is 6.29. The second-order valence-corrected chi connectivity index (χ2v) is 11.2.